The number of carbonyl (C=O) groups excluding carboxylic acids is 1. The fourth-order valence-corrected chi connectivity index (χ4v) is 2.61. The molecule has 1 heterocycles. The molecule has 0 saturated carbocycles. The predicted octanol–water partition coefficient (Wildman–Crippen LogP) is 3.15. The third-order valence-corrected chi connectivity index (χ3v) is 3.96. The second-order valence-electron chi connectivity index (χ2n) is 5.20. The topological polar surface area (TPSA) is 29.5 Å². The fourth-order valence-electron chi connectivity index (χ4n) is 2.42. The first-order valence-electron chi connectivity index (χ1n) is 6.70. The first-order chi connectivity index (χ1) is 9.10. The largest absolute Gasteiger partial charge is 0.496 e. The van der Waals surface area contributed by atoms with Crippen LogP contribution in [0.5, 0.6) is 5.75 Å². The van der Waals surface area contributed by atoms with Gasteiger partial charge in [-0.05, 0) is 37.0 Å². The van der Waals surface area contributed by atoms with Crippen LogP contribution in [0, 0.1) is 5.92 Å². The van der Waals surface area contributed by atoms with Crippen LogP contribution >= 0.6 is 11.6 Å². The lowest BCUT2D eigenvalue weighted by molar-refractivity contribution is -0.131. The summed E-state index contributed by atoms with van der Waals surface area (Å²) in [7, 11) is 1.61. The number of carbonyl (C=O) groups is 1. The number of methoxy groups -OCH3 is 1. The van der Waals surface area contributed by atoms with Crippen LogP contribution in [0.1, 0.15) is 25.3 Å². The molecule has 0 aliphatic carbocycles. The van der Waals surface area contributed by atoms with Crippen molar-refractivity contribution in [3.05, 3.63) is 28.8 Å². The maximum Gasteiger partial charge on any atom is 0.227 e. The predicted molar refractivity (Wildman–Crippen MR) is 76.7 cm³/mol. The van der Waals surface area contributed by atoms with Gasteiger partial charge in [-0.2, -0.15) is 0 Å². The second kappa shape index (κ2) is 6.29. The molecule has 0 spiro atoms. The maximum atomic E-state index is 12.3. The molecule has 1 saturated heterocycles. The Bertz CT molecular complexity index is 453. The zero-order valence-corrected chi connectivity index (χ0v) is 12.2. The summed E-state index contributed by atoms with van der Waals surface area (Å²) in [5, 5.41) is 0.635. The molecule has 0 atom stereocenters. The van der Waals surface area contributed by atoms with Gasteiger partial charge in [0.25, 0.3) is 0 Å². The highest BCUT2D eigenvalue weighted by molar-refractivity contribution is 6.30. The summed E-state index contributed by atoms with van der Waals surface area (Å²) in [6.45, 7) is 3.97. The molecule has 19 heavy (non-hydrogen) atoms. The smallest absolute Gasteiger partial charge is 0.227 e. The number of piperidine rings is 1. The van der Waals surface area contributed by atoms with Crippen molar-refractivity contribution < 1.29 is 9.53 Å². The molecule has 4 heteroatoms. The third-order valence-electron chi connectivity index (χ3n) is 3.72. The van der Waals surface area contributed by atoms with E-state index in [2.05, 4.69) is 6.92 Å². The number of ether oxygens (including phenoxy) is 1. The highest BCUT2D eigenvalue weighted by Gasteiger charge is 2.21. The Morgan fingerprint density at radius 1 is 1.42 bits per heavy atom. The number of amides is 1. The van der Waals surface area contributed by atoms with Gasteiger partial charge in [-0.1, -0.05) is 18.5 Å². The first kappa shape index (κ1) is 14.2. The Labute approximate surface area is 119 Å². The van der Waals surface area contributed by atoms with Crippen LogP contribution in [-0.4, -0.2) is 31.0 Å². The van der Waals surface area contributed by atoms with Crippen LogP contribution in [-0.2, 0) is 11.2 Å². The van der Waals surface area contributed by atoms with Gasteiger partial charge in [-0.15, -0.1) is 0 Å². The third kappa shape index (κ3) is 3.63. The number of nitrogens with zero attached hydrogens (tertiary/aromatic N) is 1. The van der Waals surface area contributed by atoms with E-state index in [1.807, 2.05) is 17.0 Å². The van der Waals surface area contributed by atoms with E-state index in [0.29, 0.717) is 11.4 Å². The van der Waals surface area contributed by atoms with E-state index in [4.69, 9.17) is 16.3 Å². The van der Waals surface area contributed by atoms with E-state index in [1.165, 1.54) is 0 Å². The Balaban J connectivity index is 2.04. The Kier molecular flexibility index (Phi) is 4.70. The standard InChI is InChI=1S/C15H20ClNO2/c1-11-5-7-17(8-6-11)15(18)10-12-9-13(16)3-4-14(12)19-2/h3-4,9,11H,5-8,10H2,1-2H3. The molecule has 1 aromatic rings. The summed E-state index contributed by atoms with van der Waals surface area (Å²) in [5.74, 6) is 1.61. The normalized spacial score (nSPS) is 16.5. The molecule has 1 amide bonds. The van der Waals surface area contributed by atoms with Gasteiger partial charge in [0.2, 0.25) is 5.91 Å². The lowest BCUT2D eigenvalue weighted by Crippen LogP contribution is -2.38. The minimum absolute atomic E-state index is 0.160. The molecule has 1 aliphatic heterocycles. The highest BCUT2D eigenvalue weighted by Crippen LogP contribution is 2.24. The molecule has 1 aliphatic rings. The van der Waals surface area contributed by atoms with Crippen molar-refractivity contribution in [1.29, 1.82) is 0 Å². The van der Waals surface area contributed by atoms with Crippen LogP contribution in [0.4, 0.5) is 0 Å². The molecule has 0 unspecified atom stereocenters. The van der Waals surface area contributed by atoms with Crippen LogP contribution in [0.15, 0.2) is 18.2 Å². The van der Waals surface area contributed by atoms with Crippen LogP contribution in [0.2, 0.25) is 5.02 Å². The summed E-state index contributed by atoms with van der Waals surface area (Å²) in [6.07, 6.45) is 2.55. The van der Waals surface area contributed by atoms with E-state index in [-0.39, 0.29) is 5.91 Å². The molecular formula is C15H20ClNO2. The van der Waals surface area contributed by atoms with Crippen molar-refractivity contribution in [1.82, 2.24) is 4.90 Å². The van der Waals surface area contributed by atoms with Crippen molar-refractivity contribution >= 4 is 17.5 Å². The molecule has 0 bridgehead atoms. The first-order valence-corrected chi connectivity index (χ1v) is 7.08. The molecule has 0 N–H and O–H groups in total. The van der Waals surface area contributed by atoms with E-state index in [0.717, 1.165) is 43.2 Å². The van der Waals surface area contributed by atoms with Gasteiger partial charge < -0.3 is 9.64 Å². The van der Waals surface area contributed by atoms with Gasteiger partial charge in [0.05, 0.1) is 13.5 Å². The molecular weight excluding hydrogens is 262 g/mol. The number of rotatable bonds is 3. The average Bonchev–Trinajstić information content (AvgIpc) is 2.39. The number of halogens is 1. The Hall–Kier alpha value is -1.22. The van der Waals surface area contributed by atoms with Crippen molar-refractivity contribution in [2.75, 3.05) is 20.2 Å². The van der Waals surface area contributed by atoms with Gasteiger partial charge in [-0.3, -0.25) is 4.79 Å². The van der Waals surface area contributed by atoms with E-state index < -0.39 is 0 Å². The molecule has 0 radical (unpaired) electrons. The fraction of sp³-hybridized carbons (Fsp3) is 0.533. The maximum absolute atomic E-state index is 12.3. The van der Waals surface area contributed by atoms with Crippen LogP contribution < -0.4 is 4.74 Å². The van der Waals surface area contributed by atoms with Crippen LogP contribution in [0.25, 0.3) is 0 Å². The SMILES string of the molecule is COc1ccc(Cl)cc1CC(=O)N1CCC(C)CC1. The summed E-state index contributed by atoms with van der Waals surface area (Å²) in [4.78, 5) is 14.2. The van der Waals surface area contributed by atoms with Crippen molar-refractivity contribution in [3.63, 3.8) is 0 Å². The van der Waals surface area contributed by atoms with E-state index in [9.17, 15) is 4.79 Å². The van der Waals surface area contributed by atoms with E-state index in [1.54, 1.807) is 13.2 Å². The molecule has 2 rings (SSSR count). The van der Waals surface area contributed by atoms with Crippen molar-refractivity contribution in [2.24, 2.45) is 5.92 Å². The molecule has 1 fully saturated rings. The van der Waals surface area contributed by atoms with Gasteiger partial charge in [0, 0.05) is 23.7 Å². The lowest BCUT2D eigenvalue weighted by Gasteiger charge is -2.30. The van der Waals surface area contributed by atoms with Crippen molar-refractivity contribution in [3.8, 4) is 5.75 Å². The summed E-state index contributed by atoms with van der Waals surface area (Å²) >= 11 is 5.98. The molecule has 1 aromatic carbocycles. The number of benzene rings is 1. The number of hydrogen-bond acceptors (Lipinski definition) is 2. The lowest BCUT2D eigenvalue weighted by atomic mass is 9.98. The Morgan fingerprint density at radius 3 is 2.74 bits per heavy atom. The Morgan fingerprint density at radius 2 is 2.11 bits per heavy atom. The van der Waals surface area contributed by atoms with E-state index >= 15 is 0 Å². The van der Waals surface area contributed by atoms with Crippen LogP contribution in [0.3, 0.4) is 0 Å². The quantitative estimate of drug-likeness (QED) is 0.852. The van der Waals surface area contributed by atoms with Gasteiger partial charge >= 0.3 is 0 Å². The second-order valence-corrected chi connectivity index (χ2v) is 5.63. The minimum Gasteiger partial charge on any atom is -0.496 e. The zero-order valence-electron chi connectivity index (χ0n) is 11.5. The average molecular weight is 282 g/mol. The monoisotopic (exact) mass is 281 g/mol. The highest BCUT2D eigenvalue weighted by atomic mass is 35.5. The zero-order chi connectivity index (χ0) is 13.8. The number of likely N-dealkylation sites (tertiary alicyclic amines) is 1. The van der Waals surface area contributed by atoms with Gasteiger partial charge in [0.1, 0.15) is 5.75 Å². The molecule has 104 valence electrons. The van der Waals surface area contributed by atoms with Gasteiger partial charge in [0.15, 0.2) is 0 Å². The van der Waals surface area contributed by atoms with Crippen molar-refractivity contribution in [2.45, 2.75) is 26.2 Å². The molecule has 0 aromatic heterocycles. The summed E-state index contributed by atoms with van der Waals surface area (Å²) in [6, 6.07) is 5.39. The van der Waals surface area contributed by atoms with Gasteiger partial charge in [-0.25, -0.2) is 0 Å². The minimum atomic E-state index is 0.160. The summed E-state index contributed by atoms with van der Waals surface area (Å²) < 4.78 is 5.28. The summed E-state index contributed by atoms with van der Waals surface area (Å²) in [5.41, 5.74) is 0.860. The number of hydrogen-bond donors (Lipinski definition) is 0. The molecule has 3 nitrogen and oxygen atoms in total.